The van der Waals surface area contributed by atoms with E-state index in [9.17, 15) is 0 Å². The molecule has 3 heterocycles. The minimum atomic E-state index is 0.940. The van der Waals surface area contributed by atoms with E-state index < -0.39 is 0 Å². The first-order valence-electron chi connectivity index (χ1n) is 7.17. The second kappa shape index (κ2) is 4.77. The first-order valence-corrected chi connectivity index (χ1v) is 7.98. The second-order valence-corrected chi connectivity index (χ2v) is 6.18. The number of hydrogen-bond acceptors (Lipinski definition) is 4. The lowest BCUT2D eigenvalue weighted by Gasteiger charge is -2.17. The van der Waals surface area contributed by atoms with Crippen LogP contribution in [0.4, 0.5) is 5.69 Å². The van der Waals surface area contributed by atoms with Crippen LogP contribution in [0.15, 0.2) is 40.4 Å². The number of rotatable bonds is 3. The quantitative estimate of drug-likeness (QED) is 0.620. The third kappa shape index (κ3) is 1.77. The van der Waals surface area contributed by atoms with Gasteiger partial charge in [-0.1, -0.05) is 18.7 Å². The lowest BCUT2D eigenvalue weighted by Crippen LogP contribution is -1.98. The predicted molar refractivity (Wildman–Crippen MR) is 86.9 cm³/mol. The van der Waals surface area contributed by atoms with Crippen LogP contribution >= 0.6 is 11.8 Å². The van der Waals surface area contributed by atoms with Gasteiger partial charge in [-0.3, -0.25) is 9.67 Å². The van der Waals surface area contributed by atoms with Crippen molar-refractivity contribution >= 4 is 28.4 Å². The summed E-state index contributed by atoms with van der Waals surface area (Å²) in [6.45, 7) is 3.12. The molecular formula is C16H16N4S. The van der Waals surface area contributed by atoms with E-state index in [1.165, 1.54) is 20.7 Å². The van der Waals surface area contributed by atoms with Gasteiger partial charge in [-0.05, 0) is 24.6 Å². The largest absolute Gasteiger partial charge is 0.387 e. The van der Waals surface area contributed by atoms with Gasteiger partial charge in [0.25, 0.3) is 0 Å². The fourth-order valence-electron chi connectivity index (χ4n) is 2.87. The highest BCUT2D eigenvalue weighted by molar-refractivity contribution is 8.00. The van der Waals surface area contributed by atoms with Crippen LogP contribution in [-0.4, -0.2) is 21.8 Å². The molecule has 106 valence electrons. The van der Waals surface area contributed by atoms with Crippen molar-refractivity contribution < 1.29 is 0 Å². The molecule has 4 nitrogen and oxygen atoms in total. The SMILES string of the molecule is CCCn1nc2c3c(c(NC)ccc31)Sc1ccncc1-2. The van der Waals surface area contributed by atoms with Gasteiger partial charge in [0, 0.05) is 52.4 Å². The highest BCUT2D eigenvalue weighted by Crippen LogP contribution is 2.49. The Morgan fingerprint density at radius 1 is 1.29 bits per heavy atom. The molecule has 4 rings (SSSR count). The van der Waals surface area contributed by atoms with Crippen molar-refractivity contribution in [1.82, 2.24) is 14.8 Å². The average molecular weight is 296 g/mol. The molecule has 0 radical (unpaired) electrons. The Balaban J connectivity index is 2.10. The Bertz CT molecular complexity index is 838. The molecule has 1 aliphatic rings. The highest BCUT2D eigenvalue weighted by Gasteiger charge is 2.25. The van der Waals surface area contributed by atoms with Crippen LogP contribution in [0.5, 0.6) is 0 Å². The third-order valence-electron chi connectivity index (χ3n) is 3.82. The van der Waals surface area contributed by atoms with Gasteiger partial charge in [-0.15, -0.1) is 0 Å². The molecule has 0 saturated carbocycles. The monoisotopic (exact) mass is 296 g/mol. The van der Waals surface area contributed by atoms with Gasteiger partial charge in [-0.25, -0.2) is 0 Å². The van der Waals surface area contributed by atoms with Gasteiger partial charge >= 0.3 is 0 Å². The number of aromatic nitrogens is 3. The summed E-state index contributed by atoms with van der Waals surface area (Å²) in [6.07, 6.45) is 4.85. The topological polar surface area (TPSA) is 42.7 Å². The Kier molecular flexibility index (Phi) is 2.89. The van der Waals surface area contributed by atoms with Crippen molar-refractivity contribution in [3.8, 4) is 11.3 Å². The maximum absolute atomic E-state index is 4.86. The van der Waals surface area contributed by atoms with Crippen molar-refractivity contribution in [3.05, 3.63) is 30.6 Å². The first kappa shape index (κ1) is 12.7. The van der Waals surface area contributed by atoms with E-state index >= 15 is 0 Å². The summed E-state index contributed by atoms with van der Waals surface area (Å²) in [5, 5.41) is 9.41. The number of hydrogen-bond donors (Lipinski definition) is 1. The number of benzene rings is 1. The van der Waals surface area contributed by atoms with Gasteiger partial charge in [0.2, 0.25) is 0 Å². The minimum absolute atomic E-state index is 0.940. The summed E-state index contributed by atoms with van der Waals surface area (Å²) in [5.74, 6) is 0. The molecule has 1 aromatic carbocycles. The molecule has 0 unspecified atom stereocenters. The Morgan fingerprint density at radius 3 is 3.00 bits per heavy atom. The van der Waals surface area contributed by atoms with E-state index in [-0.39, 0.29) is 0 Å². The van der Waals surface area contributed by atoms with Crippen molar-refractivity contribution in [2.24, 2.45) is 0 Å². The van der Waals surface area contributed by atoms with Crippen molar-refractivity contribution in [2.75, 3.05) is 12.4 Å². The molecule has 0 bridgehead atoms. The molecule has 3 aromatic rings. The Hall–Kier alpha value is -2.01. The standard InChI is InChI=1S/C16H16N4S/c1-3-8-20-12-5-4-11(17-2)16-14(12)15(19-20)10-9-18-7-6-13(10)21-16/h4-7,9,17H,3,8H2,1-2H3. The fourth-order valence-corrected chi connectivity index (χ4v) is 4.06. The predicted octanol–water partition coefficient (Wildman–Crippen LogP) is 4.01. The lowest BCUT2D eigenvalue weighted by atomic mass is 10.1. The molecule has 5 heteroatoms. The number of anilines is 1. The van der Waals surface area contributed by atoms with Crippen molar-refractivity contribution in [1.29, 1.82) is 0 Å². The number of nitrogens with zero attached hydrogens (tertiary/aromatic N) is 3. The molecule has 0 saturated heterocycles. The van der Waals surface area contributed by atoms with Crippen LogP contribution in [0.3, 0.4) is 0 Å². The summed E-state index contributed by atoms with van der Waals surface area (Å²) >= 11 is 1.80. The van der Waals surface area contributed by atoms with Crippen LogP contribution < -0.4 is 5.32 Å². The van der Waals surface area contributed by atoms with E-state index in [2.05, 4.69) is 40.1 Å². The third-order valence-corrected chi connectivity index (χ3v) is 5.03. The molecule has 0 fully saturated rings. The maximum atomic E-state index is 4.86. The lowest BCUT2D eigenvalue weighted by molar-refractivity contribution is 0.624. The van der Waals surface area contributed by atoms with E-state index in [4.69, 9.17) is 5.10 Å². The van der Waals surface area contributed by atoms with E-state index in [1.807, 2.05) is 19.4 Å². The molecule has 0 spiro atoms. The second-order valence-electron chi connectivity index (χ2n) is 5.13. The summed E-state index contributed by atoms with van der Waals surface area (Å²) in [6, 6.07) is 6.38. The number of aryl methyl sites for hydroxylation is 1. The first-order chi connectivity index (χ1) is 10.3. The molecule has 0 amide bonds. The van der Waals surface area contributed by atoms with Gasteiger partial charge in [-0.2, -0.15) is 5.10 Å². The zero-order valence-corrected chi connectivity index (χ0v) is 12.9. The fraction of sp³-hybridized carbons (Fsp3) is 0.250. The van der Waals surface area contributed by atoms with E-state index in [0.29, 0.717) is 0 Å². The molecule has 0 aliphatic carbocycles. The summed E-state index contributed by atoms with van der Waals surface area (Å²) in [7, 11) is 1.97. The van der Waals surface area contributed by atoms with Crippen molar-refractivity contribution in [3.63, 3.8) is 0 Å². The van der Waals surface area contributed by atoms with Crippen LogP contribution in [0.2, 0.25) is 0 Å². The van der Waals surface area contributed by atoms with E-state index in [1.54, 1.807) is 11.8 Å². The van der Waals surface area contributed by atoms with Gasteiger partial charge in [0.15, 0.2) is 0 Å². The van der Waals surface area contributed by atoms with Crippen molar-refractivity contribution in [2.45, 2.75) is 29.7 Å². The number of pyridine rings is 1. The molecule has 2 aromatic heterocycles. The average Bonchev–Trinajstić information content (AvgIpc) is 2.88. The number of nitrogens with one attached hydrogen (secondary N) is 1. The van der Waals surface area contributed by atoms with Crippen LogP contribution in [0.25, 0.3) is 22.2 Å². The van der Waals surface area contributed by atoms with Crippen LogP contribution in [0, 0.1) is 0 Å². The highest BCUT2D eigenvalue weighted by atomic mass is 32.2. The minimum Gasteiger partial charge on any atom is -0.387 e. The smallest absolute Gasteiger partial charge is 0.104 e. The maximum Gasteiger partial charge on any atom is 0.104 e. The Morgan fingerprint density at radius 2 is 2.19 bits per heavy atom. The van der Waals surface area contributed by atoms with Crippen LogP contribution in [-0.2, 0) is 6.54 Å². The van der Waals surface area contributed by atoms with E-state index in [0.717, 1.165) is 29.9 Å². The number of fused-ring (bicyclic) bond motifs is 2. The molecule has 21 heavy (non-hydrogen) atoms. The molecule has 1 aliphatic heterocycles. The summed E-state index contributed by atoms with van der Waals surface area (Å²) in [4.78, 5) is 6.77. The molecule has 1 N–H and O–H groups in total. The zero-order chi connectivity index (χ0) is 14.4. The van der Waals surface area contributed by atoms with Gasteiger partial charge in [0.05, 0.1) is 5.52 Å². The summed E-state index contributed by atoms with van der Waals surface area (Å²) < 4.78 is 2.12. The zero-order valence-electron chi connectivity index (χ0n) is 12.1. The normalized spacial score (nSPS) is 12.5. The van der Waals surface area contributed by atoms with Crippen LogP contribution in [0.1, 0.15) is 13.3 Å². The summed E-state index contributed by atoms with van der Waals surface area (Å²) in [5.41, 5.74) is 4.57. The molecule has 0 atom stereocenters. The van der Waals surface area contributed by atoms with Gasteiger partial charge in [0.1, 0.15) is 5.69 Å². The Labute approximate surface area is 127 Å². The van der Waals surface area contributed by atoms with Gasteiger partial charge < -0.3 is 5.32 Å². The molecular weight excluding hydrogens is 280 g/mol.